The molecule has 0 aromatic heterocycles. The van der Waals surface area contributed by atoms with Gasteiger partial charge >= 0.3 is 0 Å². The second-order valence-corrected chi connectivity index (χ2v) is 4.90. The monoisotopic (exact) mass is 232 g/mol. The van der Waals surface area contributed by atoms with E-state index in [0.717, 1.165) is 24.9 Å². The summed E-state index contributed by atoms with van der Waals surface area (Å²) in [4.78, 5) is 0. The van der Waals surface area contributed by atoms with Crippen molar-refractivity contribution >= 4 is 0 Å². The topological polar surface area (TPSA) is 56.0 Å². The Morgan fingerprint density at radius 1 is 1.35 bits per heavy atom. The fourth-order valence-electron chi connectivity index (χ4n) is 1.59. The molecule has 0 atom stereocenters. The lowest BCUT2D eigenvalue weighted by Crippen LogP contribution is -2.17. The average Bonchev–Trinajstić information content (AvgIpc) is 2.31. The molecule has 17 heavy (non-hydrogen) atoms. The predicted octanol–water partition coefficient (Wildman–Crippen LogP) is 2.81. The number of nitriles is 1. The zero-order valence-electron chi connectivity index (χ0n) is 10.5. The van der Waals surface area contributed by atoms with E-state index in [0.29, 0.717) is 12.3 Å². The first-order valence-electron chi connectivity index (χ1n) is 5.94. The molecule has 0 unspecified atom stereocenters. The van der Waals surface area contributed by atoms with Gasteiger partial charge in [0.2, 0.25) is 0 Å². The molecular weight excluding hydrogens is 212 g/mol. The fourth-order valence-corrected chi connectivity index (χ4v) is 1.59. The summed E-state index contributed by atoms with van der Waals surface area (Å²) < 4.78 is 0. The molecule has 0 bridgehead atoms. The molecule has 0 fully saturated rings. The van der Waals surface area contributed by atoms with Gasteiger partial charge in [0.05, 0.1) is 11.5 Å². The lowest BCUT2D eigenvalue weighted by molar-refractivity contribution is 0.423. The third-order valence-electron chi connectivity index (χ3n) is 2.77. The second-order valence-electron chi connectivity index (χ2n) is 4.90. The van der Waals surface area contributed by atoms with Gasteiger partial charge in [0, 0.05) is 12.1 Å². The zero-order valence-corrected chi connectivity index (χ0v) is 10.5. The van der Waals surface area contributed by atoms with Crippen molar-refractivity contribution in [3.05, 3.63) is 29.8 Å². The van der Waals surface area contributed by atoms with E-state index in [1.807, 2.05) is 32.0 Å². The molecule has 0 radical (unpaired) electrons. The fraction of sp³-hybridized carbons (Fsp3) is 0.500. The van der Waals surface area contributed by atoms with Gasteiger partial charge in [-0.05, 0) is 39.3 Å². The van der Waals surface area contributed by atoms with Gasteiger partial charge in [0.1, 0.15) is 5.75 Å². The summed E-state index contributed by atoms with van der Waals surface area (Å²) in [7, 11) is 0. The zero-order chi connectivity index (χ0) is 12.7. The minimum atomic E-state index is -0.240. The van der Waals surface area contributed by atoms with Crippen LogP contribution in [0.1, 0.15) is 32.3 Å². The Morgan fingerprint density at radius 3 is 2.71 bits per heavy atom. The van der Waals surface area contributed by atoms with E-state index in [9.17, 15) is 5.11 Å². The summed E-state index contributed by atoms with van der Waals surface area (Å²) in [6, 6.07) is 9.61. The van der Waals surface area contributed by atoms with Crippen molar-refractivity contribution in [3.63, 3.8) is 0 Å². The van der Waals surface area contributed by atoms with Crippen LogP contribution in [-0.2, 0) is 6.54 Å². The normalized spacial score (nSPS) is 11.1. The second kappa shape index (κ2) is 6.27. The number of aromatic hydroxyl groups is 1. The number of nitrogens with one attached hydrogen (secondary N) is 1. The summed E-state index contributed by atoms with van der Waals surface area (Å²) in [5.41, 5.74) is 0.670. The Morgan fingerprint density at radius 2 is 2.06 bits per heavy atom. The van der Waals surface area contributed by atoms with Crippen molar-refractivity contribution in [2.24, 2.45) is 5.41 Å². The Labute approximate surface area is 103 Å². The summed E-state index contributed by atoms with van der Waals surface area (Å²) in [6.45, 7) is 5.44. The lowest BCUT2D eigenvalue weighted by atomic mass is 9.90. The first-order valence-corrected chi connectivity index (χ1v) is 5.94. The van der Waals surface area contributed by atoms with Crippen LogP contribution in [0.4, 0.5) is 0 Å². The van der Waals surface area contributed by atoms with Crippen LogP contribution in [0, 0.1) is 16.7 Å². The van der Waals surface area contributed by atoms with Crippen molar-refractivity contribution in [1.82, 2.24) is 5.32 Å². The largest absolute Gasteiger partial charge is 0.508 e. The van der Waals surface area contributed by atoms with Gasteiger partial charge in [-0.3, -0.25) is 0 Å². The van der Waals surface area contributed by atoms with Crippen molar-refractivity contribution in [2.45, 2.75) is 33.2 Å². The molecule has 0 aliphatic rings. The van der Waals surface area contributed by atoms with Gasteiger partial charge in [-0.2, -0.15) is 5.26 Å². The third-order valence-corrected chi connectivity index (χ3v) is 2.77. The van der Waals surface area contributed by atoms with Crippen molar-refractivity contribution < 1.29 is 5.11 Å². The molecule has 1 aromatic carbocycles. The van der Waals surface area contributed by atoms with Crippen LogP contribution in [0.15, 0.2) is 24.3 Å². The van der Waals surface area contributed by atoms with E-state index in [1.54, 1.807) is 6.07 Å². The standard InChI is InChI=1S/C14H20N2O/c1-14(2,11-15)8-5-9-16-10-12-6-3-4-7-13(12)17/h3-4,6-7,16-17H,5,8-10H2,1-2H3. The number of nitrogens with zero attached hydrogens (tertiary/aromatic N) is 1. The average molecular weight is 232 g/mol. The van der Waals surface area contributed by atoms with Crippen molar-refractivity contribution in [2.75, 3.05) is 6.54 Å². The summed E-state index contributed by atoms with van der Waals surface area (Å²) in [6.07, 6.45) is 1.85. The molecule has 0 spiro atoms. The Bertz CT molecular complexity index is 393. The molecule has 3 heteroatoms. The van der Waals surface area contributed by atoms with E-state index >= 15 is 0 Å². The molecular formula is C14H20N2O. The number of hydrogen-bond acceptors (Lipinski definition) is 3. The molecule has 0 amide bonds. The van der Waals surface area contributed by atoms with Crippen LogP contribution < -0.4 is 5.32 Å². The predicted molar refractivity (Wildman–Crippen MR) is 68.4 cm³/mol. The van der Waals surface area contributed by atoms with Crippen LogP contribution in [0.3, 0.4) is 0 Å². The van der Waals surface area contributed by atoms with E-state index in [2.05, 4.69) is 11.4 Å². The van der Waals surface area contributed by atoms with E-state index < -0.39 is 0 Å². The smallest absolute Gasteiger partial charge is 0.120 e. The van der Waals surface area contributed by atoms with Crippen LogP contribution in [0.25, 0.3) is 0 Å². The first-order chi connectivity index (χ1) is 8.05. The van der Waals surface area contributed by atoms with Crippen LogP contribution in [0.5, 0.6) is 5.75 Å². The maximum absolute atomic E-state index is 9.55. The quantitative estimate of drug-likeness (QED) is 0.741. The Hall–Kier alpha value is -1.53. The SMILES string of the molecule is CC(C)(C#N)CCCNCc1ccccc1O. The number of benzene rings is 1. The number of phenols is 1. The van der Waals surface area contributed by atoms with Crippen molar-refractivity contribution in [1.29, 1.82) is 5.26 Å². The molecule has 1 rings (SSSR count). The lowest BCUT2D eigenvalue weighted by Gasteiger charge is -2.14. The van der Waals surface area contributed by atoms with E-state index in [-0.39, 0.29) is 5.41 Å². The molecule has 92 valence electrons. The van der Waals surface area contributed by atoms with Gasteiger partial charge in [0.15, 0.2) is 0 Å². The van der Waals surface area contributed by atoms with Gasteiger partial charge in [-0.1, -0.05) is 18.2 Å². The van der Waals surface area contributed by atoms with Crippen LogP contribution in [-0.4, -0.2) is 11.7 Å². The number of hydrogen-bond donors (Lipinski definition) is 2. The van der Waals surface area contributed by atoms with Crippen molar-refractivity contribution in [3.8, 4) is 11.8 Å². The highest BCUT2D eigenvalue weighted by atomic mass is 16.3. The molecule has 0 aliphatic heterocycles. The Kier molecular flexibility index (Phi) is 4.99. The molecule has 2 N–H and O–H groups in total. The van der Waals surface area contributed by atoms with Crippen LogP contribution in [0.2, 0.25) is 0 Å². The molecule has 0 heterocycles. The molecule has 3 nitrogen and oxygen atoms in total. The summed E-state index contributed by atoms with van der Waals surface area (Å²) >= 11 is 0. The highest BCUT2D eigenvalue weighted by Gasteiger charge is 2.15. The number of para-hydroxylation sites is 1. The third kappa shape index (κ3) is 4.88. The number of phenolic OH excluding ortho intramolecular Hbond substituents is 1. The maximum atomic E-state index is 9.55. The van der Waals surface area contributed by atoms with E-state index in [1.165, 1.54) is 0 Å². The summed E-state index contributed by atoms with van der Waals surface area (Å²) in [5, 5.41) is 21.7. The number of rotatable bonds is 6. The molecule has 0 saturated heterocycles. The van der Waals surface area contributed by atoms with Gasteiger partial charge < -0.3 is 10.4 Å². The van der Waals surface area contributed by atoms with Gasteiger partial charge in [0.25, 0.3) is 0 Å². The highest BCUT2D eigenvalue weighted by molar-refractivity contribution is 5.31. The maximum Gasteiger partial charge on any atom is 0.120 e. The van der Waals surface area contributed by atoms with Gasteiger partial charge in [-0.25, -0.2) is 0 Å². The van der Waals surface area contributed by atoms with E-state index in [4.69, 9.17) is 5.26 Å². The minimum absolute atomic E-state index is 0.240. The van der Waals surface area contributed by atoms with Crippen LogP contribution >= 0.6 is 0 Å². The summed E-state index contributed by atoms with van der Waals surface area (Å²) in [5.74, 6) is 0.331. The molecule has 0 saturated carbocycles. The first kappa shape index (κ1) is 13.5. The van der Waals surface area contributed by atoms with Gasteiger partial charge in [-0.15, -0.1) is 0 Å². The molecule has 1 aromatic rings. The Balaban J connectivity index is 2.22. The molecule has 0 aliphatic carbocycles. The highest BCUT2D eigenvalue weighted by Crippen LogP contribution is 2.20. The minimum Gasteiger partial charge on any atom is -0.508 e.